The van der Waals surface area contributed by atoms with Crippen LogP contribution >= 0.6 is 0 Å². The number of nitrogens with one attached hydrogen (secondary N) is 1. The Kier molecular flexibility index (Phi) is 4.22. The highest BCUT2D eigenvalue weighted by atomic mass is 19.1. The molecular weight excluding hydrogens is 263 g/mol. The molecule has 2 N–H and O–H groups in total. The van der Waals surface area contributed by atoms with Crippen molar-refractivity contribution in [1.29, 1.82) is 0 Å². The number of carboxylic acid groups (broad SMARTS) is 1. The van der Waals surface area contributed by atoms with E-state index >= 15 is 0 Å². The quantitative estimate of drug-likeness (QED) is 0.894. The number of carboxylic acids is 1. The van der Waals surface area contributed by atoms with Crippen LogP contribution in [0.2, 0.25) is 0 Å². The molecule has 1 atom stereocenters. The van der Waals surface area contributed by atoms with Crippen LogP contribution in [-0.4, -0.2) is 34.6 Å². The van der Waals surface area contributed by atoms with Crippen molar-refractivity contribution >= 4 is 17.7 Å². The van der Waals surface area contributed by atoms with Crippen LogP contribution in [0, 0.1) is 12.7 Å². The molecule has 108 valence electrons. The molecule has 0 saturated carbocycles. The lowest BCUT2D eigenvalue weighted by atomic mass is 10.1. The molecule has 1 aromatic carbocycles. The summed E-state index contributed by atoms with van der Waals surface area (Å²) < 4.78 is 13.7. The second kappa shape index (κ2) is 5.90. The third-order valence-corrected chi connectivity index (χ3v) is 3.50. The standard InChI is InChI=1S/C14H17FN2O3/c1-9-4-2-6-11(15)13(9)16-14(20)17-7-3-5-10(17)8-12(18)19/h2,4,6,10H,3,5,7-8H2,1H3,(H,16,20)(H,18,19). The van der Waals surface area contributed by atoms with Gasteiger partial charge in [0.25, 0.3) is 0 Å². The van der Waals surface area contributed by atoms with Gasteiger partial charge in [-0.25, -0.2) is 9.18 Å². The second-order valence-corrected chi connectivity index (χ2v) is 4.95. The Hall–Kier alpha value is -2.11. The lowest BCUT2D eigenvalue weighted by molar-refractivity contribution is -0.137. The van der Waals surface area contributed by atoms with E-state index < -0.39 is 17.8 Å². The lowest BCUT2D eigenvalue weighted by Gasteiger charge is -2.24. The molecule has 0 aromatic heterocycles. The van der Waals surface area contributed by atoms with Gasteiger partial charge in [0, 0.05) is 12.6 Å². The first-order valence-electron chi connectivity index (χ1n) is 6.53. The first kappa shape index (κ1) is 14.3. The van der Waals surface area contributed by atoms with Crippen molar-refractivity contribution in [2.24, 2.45) is 0 Å². The number of amides is 2. The second-order valence-electron chi connectivity index (χ2n) is 4.95. The van der Waals surface area contributed by atoms with Crippen molar-refractivity contribution in [2.75, 3.05) is 11.9 Å². The molecule has 5 nitrogen and oxygen atoms in total. The highest BCUT2D eigenvalue weighted by molar-refractivity contribution is 5.91. The van der Waals surface area contributed by atoms with Gasteiger partial charge in [0.05, 0.1) is 12.1 Å². The average Bonchev–Trinajstić information content (AvgIpc) is 2.81. The van der Waals surface area contributed by atoms with E-state index in [1.807, 2.05) is 0 Å². The van der Waals surface area contributed by atoms with Gasteiger partial charge in [0.15, 0.2) is 0 Å². The number of urea groups is 1. The molecule has 6 heteroatoms. The number of anilines is 1. The van der Waals surface area contributed by atoms with Crippen LogP contribution in [0.5, 0.6) is 0 Å². The van der Waals surface area contributed by atoms with Crippen LogP contribution in [-0.2, 0) is 4.79 Å². The van der Waals surface area contributed by atoms with E-state index in [4.69, 9.17) is 5.11 Å². The number of likely N-dealkylation sites (tertiary alicyclic amines) is 1. The molecule has 1 unspecified atom stereocenters. The van der Waals surface area contributed by atoms with Crippen LogP contribution in [0.25, 0.3) is 0 Å². The van der Waals surface area contributed by atoms with Gasteiger partial charge < -0.3 is 15.3 Å². The van der Waals surface area contributed by atoms with Gasteiger partial charge in [0.1, 0.15) is 5.82 Å². The van der Waals surface area contributed by atoms with Crippen LogP contribution in [0.4, 0.5) is 14.9 Å². The monoisotopic (exact) mass is 280 g/mol. The Labute approximate surface area is 116 Å². The molecule has 0 aliphatic carbocycles. The molecule has 1 aliphatic rings. The van der Waals surface area contributed by atoms with Crippen molar-refractivity contribution in [3.8, 4) is 0 Å². The number of carbonyl (C=O) groups is 2. The van der Waals surface area contributed by atoms with E-state index in [1.54, 1.807) is 19.1 Å². The highest BCUT2D eigenvalue weighted by Gasteiger charge is 2.30. The van der Waals surface area contributed by atoms with E-state index in [9.17, 15) is 14.0 Å². The SMILES string of the molecule is Cc1cccc(F)c1NC(=O)N1CCCC1CC(=O)O. The van der Waals surface area contributed by atoms with Gasteiger partial charge in [0.2, 0.25) is 0 Å². The van der Waals surface area contributed by atoms with Gasteiger partial charge in [-0.3, -0.25) is 4.79 Å². The van der Waals surface area contributed by atoms with E-state index in [0.29, 0.717) is 18.5 Å². The Balaban J connectivity index is 2.09. The minimum Gasteiger partial charge on any atom is -0.481 e. The number of nitrogens with zero attached hydrogens (tertiary/aromatic N) is 1. The smallest absolute Gasteiger partial charge is 0.322 e. The fourth-order valence-electron chi connectivity index (χ4n) is 2.49. The fourth-order valence-corrected chi connectivity index (χ4v) is 2.49. The van der Waals surface area contributed by atoms with Crippen molar-refractivity contribution < 1.29 is 19.1 Å². The van der Waals surface area contributed by atoms with Crippen molar-refractivity contribution in [3.63, 3.8) is 0 Å². The van der Waals surface area contributed by atoms with Crippen LogP contribution in [0.3, 0.4) is 0 Å². The summed E-state index contributed by atoms with van der Waals surface area (Å²) in [6.45, 7) is 2.20. The highest BCUT2D eigenvalue weighted by Crippen LogP contribution is 2.24. The Bertz CT molecular complexity index is 513. The summed E-state index contributed by atoms with van der Waals surface area (Å²) in [4.78, 5) is 24.4. The zero-order valence-corrected chi connectivity index (χ0v) is 11.2. The van der Waals surface area contributed by atoms with Crippen molar-refractivity contribution in [3.05, 3.63) is 29.6 Å². The maximum absolute atomic E-state index is 13.7. The molecule has 1 fully saturated rings. The molecule has 20 heavy (non-hydrogen) atoms. The predicted molar refractivity (Wildman–Crippen MR) is 72.1 cm³/mol. The van der Waals surface area contributed by atoms with Crippen LogP contribution in [0.15, 0.2) is 18.2 Å². The van der Waals surface area contributed by atoms with Gasteiger partial charge in [-0.2, -0.15) is 0 Å². The fraction of sp³-hybridized carbons (Fsp3) is 0.429. The Morgan fingerprint density at radius 3 is 2.90 bits per heavy atom. The molecule has 1 aromatic rings. The summed E-state index contributed by atoms with van der Waals surface area (Å²) in [5.74, 6) is -1.43. The van der Waals surface area contributed by atoms with Gasteiger partial charge in [-0.15, -0.1) is 0 Å². The number of aryl methyl sites for hydroxylation is 1. The number of rotatable bonds is 3. The van der Waals surface area contributed by atoms with Crippen molar-refractivity contribution in [2.45, 2.75) is 32.2 Å². The average molecular weight is 280 g/mol. The number of hydrogen-bond acceptors (Lipinski definition) is 2. The lowest BCUT2D eigenvalue weighted by Crippen LogP contribution is -2.40. The van der Waals surface area contributed by atoms with E-state index in [0.717, 1.165) is 6.42 Å². The van der Waals surface area contributed by atoms with E-state index in [1.165, 1.54) is 11.0 Å². The zero-order chi connectivity index (χ0) is 14.7. The van der Waals surface area contributed by atoms with Crippen LogP contribution < -0.4 is 5.32 Å². The summed E-state index contributed by atoms with van der Waals surface area (Å²) in [5, 5.41) is 11.4. The maximum atomic E-state index is 13.7. The molecule has 2 rings (SSSR count). The molecule has 1 heterocycles. The Morgan fingerprint density at radius 1 is 1.50 bits per heavy atom. The molecule has 0 radical (unpaired) electrons. The normalized spacial score (nSPS) is 18.1. The molecule has 1 aliphatic heterocycles. The summed E-state index contributed by atoms with van der Waals surface area (Å²) in [6.07, 6.45) is 1.35. The molecule has 1 saturated heterocycles. The number of benzene rings is 1. The number of halogens is 1. The number of hydrogen-bond donors (Lipinski definition) is 2. The Morgan fingerprint density at radius 2 is 2.25 bits per heavy atom. The zero-order valence-electron chi connectivity index (χ0n) is 11.2. The summed E-state index contributed by atoms with van der Waals surface area (Å²) in [5.41, 5.74) is 0.783. The summed E-state index contributed by atoms with van der Waals surface area (Å²) >= 11 is 0. The summed E-state index contributed by atoms with van der Waals surface area (Å²) in [7, 11) is 0. The first-order valence-corrected chi connectivity index (χ1v) is 6.53. The minimum atomic E-state index is -0.934. The molecule has 0 spiro atoms. The largest absolute Gasteiger partial charge is 0.481 e. The molecular formula is C14H17FN2O3. The topological polar surface area (TPSA) is 69.6 Å². The van der Waals surface area contributed by atoms with Crippen LogP contribution in [0.1, 0.15) is 24.8 Å². The van der Waals surface area contributed by atoms with E-state index in [2.05, 4.69) is 5.32 Å². The van der Waals surface area contributed by atoms with Gasteiger partial charge in [-0.1, -0.05) is 12.1 Å². The summed E-state index contributed by atoms with van der Waals surface area (Å²) in [6, 6.07) is 3.80. The van der Waals surface area contributed by atoms with Crippen molar-refractivity contribution in [1.82, 2.24) is 4.90 Å². The third kappa shape index (κ3) is 3.07. The molecule has 2 amide bonds. The maximum Gasteiger partial charge on any atom is 0.322 e. The first-order chi connectivity index (χ1) is 9.49. The van der Waals surface area contributed by atoms with Gasteiger partial charge >= 0.3 is 12.0 Å². The number of para-hydroxylation sites is 1. The number of aliphatic carboxylic acids is 1. The number of carbonyl (C=O) groups excluding carboxylic acids is 1. The predicted octanol–water partition coefficient (Wildman–Crippen LogP) is 2.61. The third-order valence-electron chi connectivity index (χ3n) is 3.50. The minimum absolute atomic E-state index is 0.0797. The molecule has 0 bridgehead atoms. The van der Waals surface area contributed by atoms with Gasteiger partial charge in [-0.05, 0) is 31.4 Å². The van der Waals surface area contributed by atoms with E-state index in [-0.39, 0.29) is 18.2 Å².